The van der Waals surface area contributed by atoms with E-state index in [1.807, 2.05) is 12.1 Å². The number of ether oxygens (including phenoxy) is 1. The van der Waals surface area contributed by atoms with E-state index in [9.17, 15) is 8.42 Å². The highest BCUT2D eigenvalue weighted by Crippen LogP contribution is 2.28. The second-order valence-corrected chi connectivity index (χ2v) is 6.29. The summed E-state index contributed by atoms with van der Waals surface area (Å²) in [7, 11) is -3.66. The van der Waals surface area contributed by atoms with Gasteiger partial charge in [0.05, 0.1) is 30.8 Å². The molecule has 0 unspecified atom stereocenters. The second kappa shape index (κ2) is 5.74. The zero-order valence-electron chi connectivity index (χ0n) is 11.3. The zero-order chi connectivity index (χ0) is 14.7. The summed E-state index contributed by atoms with van der Waals surface area (Å²) in [5, 5.41) is 6.17. The third-order valence-electron chi connectivity index (χ3n) is 3.26. The number of aromatic nitrogens is 2. The Kier molecular flexibility index (Phi) is 3.80. The Labute approximate surface area is 123 Å². The van der Waals surface area contributed by atoms with Gasteiger partial charge in [-0.25, -0.2) is 0 Å². The standard InChI is InChI=1S/C13H16N4O3S/c18-21(19,13-5-6-14-15-13)16-11-3-1-2-4-12(11)17-7-9-20-10-8-17/h1-6,16H,7-10H2,(H,14,15). The second-order valence-electron chi connectivity index (χ2n) is 4.64. The fourth-order valence-electron chi connectivity index (χ4n) is 2.23. The summed E-state index contributed by atoms with van der Waals surface area (Å²) in [5.74, 6) is 0. The third-order valence-corrected chi connectivity index (χ3v) is 4.56. The van der Waals surface area contributed by atoms with Crippen LogP contribution in [0.5, 0.6) is 0 Å². The number of morpholine rings is 1. The molecular formula is C13H16N4O3S. The van der Waals surface area contributed by atoms with Crippen LogP contribution >= 0.6 is 0 Å². The number of anilines is 2. The summed E-state index contributed by atoms with van der Waals surface area (Å²) in [6, 6.07) is 8.75. The van der Waals surface area contributed by atoms with Gasteiger partial charge in [-0.3, -0.25) is 9.82 Å². The molecule has 0 saturated carbocycles. The number of para-hydroxylation sites is 2. The van der Waals surface area contributed by atoms with Crippen LogP contribution in [0.15, 0.2) is 41.6 Å². The molecule has 1 fully saturated rings. The average molecular weight is 308 g/mol. The van der Waals surface area contributed by atoms with Crippen LogP contribution in [0, 0.1) is 0 Å². The van der Waals surface area contributed by atoms with E-state index in [1.54, 1.807) is 12.1 Å². The van der Waals surface area contributed by atoms with E-state index in [4.69, 9.17) is 4.74 Å². The van der Waals surface area contributed by atoms with Gasteiger partial charge in [-0.15, -0.1) is 0 Å². The molecule has 1 aliphatic heterocycles. The van der Waals surface area contributed by atoms with E-state index in [0.29, 0.717) is 18.9 Å². The van der Waals surface area contributed by atoms with E-state index >= 15 is 0 Å². The maximum absolute atomic E-state index is 12.3. The first kappa shape index (κ1) is 13.9. The highest BCUT2D eigenvalue weighted by Gasteiger charge is 2.20. The number of rotatable bonds is 4. The Balaban J connectivity index is 1.89. The van der Waals surface area contributed by atoms with Crippen molar-refractivity contribution in [1.29, 1.82) is 0 Å². The Morgan fingerprint density at radius 3 is 2.67 bits per heavy atom. The molecule has 1 aromatic carbocycles. The maximum atomic E-state index is 12.3. The molecule has 2 aromatic rings. The molecule has 1 aliphatic rings. The molecule has 0 bridgehead atoms. The Bertz CT molecular complexity index is 694. The van der Waals surface area contributed by atoms with Crippen LogP contribution in [0.2, 0.25) is 0 Å². The quantitative estimate of drug-likeness (QED) is 0.881. The number of H-pyrrole nitrogens is 1. The summed E-state index contributed by atoms with van der Waals surface area (Å²) in [5.41, 5.74) is 1.40. The molecule has 0 amide bonds. The van der Waals surface area contributed by atoms with Crippen LogP contribution in [-0.2, 0) is 14.8 Å². The molecule has 112 valence electrons. The van der Waals surface area contributed by atoms with Gasteiger partial charge in [0.15, 0.2) is 5.03 Å². The maximum Gasteiger partial charge on any atom is 0.278 e. The predicted molar refractivity (Wildman–Crippen MR) is 78.9 cm³/mol. The SMILES string of the molecule is O=S(=O)(Nc1ccccc1N1CCOCC1)c1ccn[nH]1. The van der Waals surface area contributed by atoms with Crippen molar-refractivity contribution in [2.75, 3.05) is 35.9 Å². The molecule has 2 heterocycles. The van der Waals surface area contributed by atoms with Crippen LogP contribution in [0.4, 0.5) is 11.4 Å². The van der Waals surface area contributed by atoms with Crippen LogP contribution in [0.1, 0.15) is 0 Å². The van der Waals surface area contributed by atoms with Crippen molar-refractivity contribution in [3.8, 4) is 0 Å². The van der Waals surface area contributed by atoms with Crippen molar-refractivity contribution in [3.05, 3.63) is 36.5 Å². The number of nitrogens with one attached hydrogen (secondary N) is 2. The van der Waals surface area contributed by atoms with Crippen molar-refractivity contribution in [2.45, 2.75) is 5.03 Å². The molecule has 1 saturated heterocycles. The molecule has 21 heavy (non-hydrogen) atoms. The molecule has 1 aromatic heterocycles. The van der Waals surface area contributed by atoms with Gasteiger partial charge in [-0.05, 0) is 18.2 Å². The fourth-order valence-corrected chi connectivity index (χ4v) is 3.22. The Hall–Kier alpha value is -2.06. The van der Waals surface area contributed by atoms with Crippen LogP contribution in [-0.4, -0.2) is 44.9 Å². The molecule has 8 heteroatoms. The summed E-state index contributed by atoms with van der Waals surface area (Å²) in [4.78, 5) is 2.11. The van der Waals surface area contributed by atoms with Gasteiger partial charge in [0.1, 0.15) is 0 Å². The number of nitrogens with zero attached hydrogens (tertiary/aromatic N) is 2. The van der Waals surface area contributed by atoms with Crippen molar-refractivity contribution < 1.29 is 13.2 Å². The van der Waals surface area contributed by atoms with Gasteiger partial charge in [0.2, 0.25) is 0 Å². The van der Waals surface area contributed by atoms with Gasteiger partial charge in [0.25, 0.3) is 10.0 Å². The summed E-state index contributed by atoms with van der Waals surface area (Å²) < 4.78 is 32.5. The van der Waals surface area contributed by atoms with Crippen LogP contribution < -0.4 is 9.62 Å². The molecule has 3 rings (SSSR count). The van der Waals surface area contributed by atoms with Gasteiger partial charge in [-0.2, -0.15) is 13.5 Å². The molecule has 2 N–H and O–H groups in total. The number of hydrogen-bond acceptors (Lipinski definition) is 5. The van der Waals surface area contributed by atoms with Crippen molar-refractivity contribution in [1.82, 2.24) is 10.2 Å². The highest BCUT2D eigenvalue weighted by atomic mass is 32.2. The number of sulfonamides is 1. The lowest BCUT2D eigenvalue weighted by Gasteiger charge is -2.30. The molecule has 0 aliphatic carbocycles. The Morgan fingerprint density at radius 2 is 1.95 bits per heavy atom. The average Bonchev–Trinajstić information content (AvgIpc) is 3.03. The largest absolute Gasteiger partial charge is 0.378 e. The first-order chi connectivity index (χ1) is 10.2. The van der Waals surface area contributed by atoms with Gasteiger partial charge in [0, 0.05) is 13.1 Å². The zero-order valence-corrected chi connectivity index (χ0v) is 12.1. The third kappa shape index (κ3) is 3.01. The van der Waals surface area contributed by atoms with E-state index in [2.05, 4.69) is 19.8 Å². The van der Waals surface area contributed by atoms with Gasteiger partial charge < -0.3 is 9.64 Å². The van der Waals surface area contributed by atoms with Gasteiger partial charge in [-0.1, -0.05) is 12.1 Å². The summed E-state index contributed by atoms with van der Waals surface area (Å²) in [6.07, 6.45) is 1.41. The van der Waals surface area contributed by atoms with E-state index in [0.717, 1.165) is 18.8 Å². The van der Waals surface area contributed by atoms with Crippen molar-refractivity contribution in [2.24, 2.45) is 0 Å². The smallest absolute Gasteiger partial charge is 0.278 e. The van der Waals surface area contributed by atoms with Crippen LogP contribution in [0.25, 0.3) is 0 Å². The lowest BCUT2D eigenvalue weighted by atomic mass is 10.2. The lowest BCUT2D eigenvalue weighted by Crippen LogP contribution is -2.36. The first-order valence-corrected chi connectivity index (χ1v) is 8.09. The van der Waals surface area contributed by atoms with E-state index < -0.39 is 10.0 Å². The predicted octanol–water partition coefficient (Wildman–Crippen LogP) is 1.05. The van der Waals surface area contributed by atoms with Crippen molar-refractivity contribution in [3.63, 3.8) is 0 Å². The highest BCUT2D eigenvalue weighted by molar-refractivity contribution is 7.92. The molecule has 0 radical (unpaired) electrons. The molecule has 0 atom stereocenters. The monoisotopic (exact) mass is 308 g/mol. The first-order valence-electron chi connectivity index (χ1n) is 6.61. The molecule has 7 nitrogen and oxygen atoms in total. The lowest BCUT2D eigenvalue weighted by molar-refractivity contribution is 0.123. The van der Waals surface area contributed by atoms with Gasteiger partial charge >= 0.3 is 0 Å². The van der Waals surface area contributed by atoms with E-state index in [1.165, 1.54) is 12.3 Å². The van der Waals surface area contributed by atoms with Crippen molar-refractivity contribution >= 4 is 21.4 Å². The molecular weight excluding hydrogens is 292 g/mol. The van der Waals surface area contributed by atoms with Crippen LogP contribution in [0.3, 0.4) is 0 Å². The Morgan fingerprint density at radius 1 is 1.19 bits per heavy atom. The summed E-state index contributed by atoms with van der Waals surface area (Å²) >= 11 is 0. The number of aromatic amines is 1. The van der Waals surface area contributed by atoms with E-state index in [-0.39, 0.29) is 5.03 Å². The topological polar surface area (TPSA) is 87.3 Å². The minimum Gasteiger partial charge on any atom is -0.378 e. The molecule has 0 spiro atoms. The number of benzene rings is 1. The summed E-state index contributed by atoms with van der Waals surface area (Å²) in [6.45, 7) is 2.76. The number of hydrogen-bond donors (Lipinski definition) is 2. The minimum atomic E-state index is -3.66. The normalized spacial score (nSPS) is 15.9. The minimum absolute atomic E-state index is 0.0410. The fraction of sp³-hybridized carbons (Fsp3) is 0.308.